The Morgan fingerprint density at radius 3 is 2.45 bits per heavy atom. The molecular formula is C15H23Cl2N3O2. The lowest BCUT2D eigenvalue weighted by Crippen LogP contribution is -2.32. The number of hydrogen-bond acceptors (Lipinski definition) is 3. The molecule has 0 saturated carbocycles. The normalized spacial score (nSPS) is 11.2. The molecule has 2 amide bonds. The maximum absolute atomic E-state index is 11.8. The second-order valence-electron chi connectivity index (χ2n) is 5.01. The van der Waals surface area contributed by atoms with E-state index in [4.69, 9.17) is 17.3 Å². The molecule has 0 heterocycles. The maximum atomic E-state index is 11.8. The Morgan fingerprint density at radius 2 is 1.86 bits per heavy atom. The summed E-state index contributed by atoms with van der Waals surface area (Å²) in [7, 11) is 0. The van der Waals surface area contributed by atoms with Crippen LogP contribution in [0.3, 0.4) is 0 Å². The molecule has 0 aliphatic rings. The topological polar surface area (TPSA) is 84.2 Å². The van der Waals surface area contributed by atoms with Crippen molar-refractivity contribution in [3.8, 4) is 0 Å². The zero-order chi connectivity index (χ0) is 15.7. The van der Waals surface area contributed by atoms with Crippen molar-refractivity contribution in [2.45, 2.75) is 19.8 Å². The number of nitrogens with two attached hydrogens (primary N) is 1. The van der Waals surface area contributed by atoms with Crippen LogP contribution in [0.25, 0.3) is 0 Å². The second kappa shape index (κ2) is 11.3. The van der Waals surface area contributed by atoms with Crippen molar-refractivity contribution in [3.05, 3.63) is 34.9 Å². The van der Waals surface area contributed by atoms with Crippen LogP contribution < -0.4 is 16.4 Å². The first-order valence-electron chi connectivity index (χ1n) is 7.03. The first kappa shape index (κ1) is 20.7. The van der Waals surface area contributed by atoms with Crippen LogP contribution in [0.2, 0.25) is 5.02 Å². The zero-order valence-electron chi connectivity index (χ0n) is 12.6. The monoisotopic (exact) mass is 347 g/mol. The molecule has 1 unspecified atom stereocenters. The van der Waals surface area contributed by atoms with Gasteiger partial charge in [0.2, 0.25) is 5.91 Å². The molecule has 4 N–H and O–H groups in total. The van der Waals surface area contributed by atoms with E-state index < -0.39 is 0 Å². The van der Waals surface area contributed by atoms with Crippen molar-refractivity contribution in [2.75, 3.05) is 19.6 Å². The number of rotatable bonds is 8. The number of carbonyl (C=O) groups is 2. The smallest absolute Gasteiger partial charge is 0.251 e. The third-order valence-corrected chi connectivity index (χ3v) is 3.27. The molecule has 0 aliphatic heterocycles. The molecule has 0 spiro atoms. The van der Waals surface area contributed by atoms with E-state index in [2.05, 4.69) is 10.6 Å². The molecule has 0 aromatic heterocycles. The van der Waals surface area contributed by atoms with Gasteiger partial charge in [-0.1, -0.05) is 18.5 Å². The number of amides is 2. The van der Waals surface area contributed by atoms with E-state index in [9.17, 15) is 9.59 Å². The van der Waals surface area contributed by atoms with Gasteiger partial charge in [-0.05, 0) is 43.1 Å². The molecule has 5 nitrogen and oxygen atoms in total. The van der Waals surface area contributed by atoms with E-state index in [0.717, 1.165) is 0 Å². The fourth-order valence-electron chi connectivity index (χ4n) is 1.61. The van der Waals surface area contributed by atoms with Gasteiger partial charge in [0.05, 0.1) is 0 Å². The van der Waals surface area contributed by atoms with Crippen molar-refractivity contribution in [2.24, 2.45) is 11.7 Å². The number of halogens is 2. The van der Waals surface area contributed by atoms with Crippen molar-refractivity contribution < 1.29 is 9.59 Å². The molecule has 0 radical (unpaired) electrons. The number of hydrogen-bond donors (Lipinski definition) is 3. The average molecular weight is 348 g/mol. The molecule has 124 valence electrons. The van der Waals surface area contributed by atoms with E-state index in [1.165, 1.54) is 0 Å². The molecule has 0 aliphatic carbocycles. The van der Waals surface area contributed by atoms with Crippen LogP contribution in [-0.4, -0.2) is 31.4 Å². The Bertz CT molecular complexity index is 466. The predicted molar refractivity (Wildman–Crippen MR) is 91.5 cm³/mol. The maximum Gasteiger partial charge on any atom is 0.251 e. The van der Waals surface area contributed by atoms with Gasteiger partial charge in [0.1, 0.15) is 0 Å². The quantitative estimate of drug-likeness (QED) is 0.628. The first-order valence-corrected chi connectivity index (χ1v) is 7.41. The second-order valence-corrected chi connectivity index (χ2v) is 5.45. The van der Waals surface area contributed by atoms with E-state index >= 15 is 0 Å². The summed E-state index contributed by atoms with van der Waals surface area (Å²) in [6.45, 7) is 3.58. The lowest BCUT2D eigenvalue weighted by atomic mass is 10.2. The van der Waals surface area contributed by atoms with E-state index in [1.54, 1.807) is 24.3 Å². The predicted octanol–water partition coefficient (Wildman–Crippen LogP) is 1.98. The number of nitrogens with one attached hydrogen (secondary N) is 2. The van der Waals surface area contributed by atoms with Gasteiger partial charge in [-0.15, -0.1) is 12.4 Å². The summed E-state index contributed by atoms with van der Waals surface area (Å²) in [6, 6.07) is 6.67. The summed E-state index contributed by atoms with van der Waals surface area (Å²) in [4.78, 5) is 23.3. The van der Waals surface area contributed by atoms with Gasteiger partial charge >= 0.3 is 0 Å². The molecule has 0 fully saturated rings. The summed E-state index contributed by atoms with van der Waals surface area (Å²) in [5, 5.41) is 6.17. The van der Waals surface area contributed by atoms with Crippen LogP contribution in [0.5, 0.6) is 0 Å². The Labute approximate surface area is 142 Å². The highest BCUT2D eigenvalue weighted by Crippen LogP contribution is 2.09. The molecule has 0 bridgehead atoms. The standard InChI is InChI=1S/C15H22ClN3O2.ClH/c1-11(9-17)10-19-14(20)3-2-8-18-15(21)12-4-6-13(16)7-5-12;/h4-7,11H,2-3,8-10,17H2,1H3,(H,18,21)(H,19,20);1H. The highest BCUT2D eigenvalue weighted by atomic mass is 35.5. The average Bonchev–Trinajstić information content (AvgIpc) is 2.49. The van der Waals surface area contributed by atoms with Crippen LogP contribution in [0, 0.1) is 5.92 Å². The Balaban J connectivity index is 0.00000441. The Kier molecular flexibility index (Phi) is 10.6. The lowest BCUT2D eigenvalue weighted by Gasteiger charge is -2.10. The molecule has 1 atom stereocenters. The number of benzene rings is 1. The molecular weight excluding hydrogens is 325 g/mol. The number of carbonyl (C=O) groups excluding carboxylic acids is 2. The summed E-state index contributed by atoms with van der Waals surface area (Å²) in [5.74, 6) is 0.0958. The van der Waals surface area contributed by atoms with Crippen LogP contribution in [0.1, 0.15) is 30.1 Å². The molecule has 7 heteroatoms. The first-order chi connectivity index (χ1) is 10.0. The molecule has 1 rings (SSSR count). The van der Waals surface area contributed by atoms with Gasteiger partial charge in [0.15, 0.2) is 0 Å². The molecule has 1 aromatic carbocycles. The van der Waals surface area contributed by atoms with Crippen molar-refractivity contribution in [1.82, 2.24) is 10.6 Å². The van der Waals surface area contributed by atoms with Gasteiger partial charge in [0, 0.05) is 30.1 Å². The van der Waals surface area contributed by atoms with Gasteiger partial charge in [-0.3, -0.25) is 9.59 Å². The van der Waals surface area contributed by atoms with Gasteiger partial charge in [0.25, 0.3) is 5.91 Å². The lowest BCUT2D eigenvalue weighted by molar-refractivity contribution is -0.121. The SMILES string of the molecule is CC(CN)CNC(=O)CCCNC(=O)c1ccc(Cl)cc1.Cl. The van der Waals surface area contributed by atoms with Gasteiger partial charge < -0.3 is 16.4 Å². The minimum atomic E-state index is -0.163. The van der Waals surface area contributed by atoms with Gasteiger partial charge in [-0.2, -0.15) is 0 Å². The molecule has 0 saturated heterocycles. The van der Waals surface area contributed by atoms with E-state index in [0.29, 0.717) is 43.1 Å². The van der Waals surface area contributed by atoms with Crippen molar-refractivity contribution >= 4 is 35.8 Å². The zero-order valence-corrected chi connectivity index (χ0v) is 14.2. The third kappa shape index (κ3) is 8.22. The highest BCUT2D eigenvalue weighted by Gasteiger charge is 2.06. The summed E-state index contributed by atoms with van der Waals surface area (Å²) >= 11 is 5.76. The molecule has 1 aromatic rings. The summed E-state index contributed by atoms with van der Waals surface area (Å²) in [5.41, 5.74) is 6.03. The minimum Gasteiger partial charge on any atom is -0.356 e. The third-order valence-electron chi connectivity index (χ3n) is 3.02. The Hall–Kier alpha value is -1.30. The van der Waals surface area contributed by atoms with E-state index in [-0.39, 0.29) is 30.1 Å². The minimum absolute atomic E-state index is 0. The van der Waals surface area contributed by atoms with Crippen LogP contribution in [-0.2, 0) is 4.79 Å². The van der Waals surface area contributed by atoms with Crippen molar-refractivity contribution in [3.63, 3.8) is 0 Å². The van der Waals surface area contributed by atoms with Gasteiger partial charge in [-0.25, -0.2) is 0 Å². The fourth-order valence-corrected chi connectivity index (χ4v) is 1.74. The Morgan fingerprint density at radius 1 is 1.23 bits per heavy atom. The summed E-state index contributed by atoms with van der Waals surface area (Å²) in [6.07, 6.45) is 0.986. The van der Waals surface area contributed by atoms with Crippen LogP contribution >= 0.6 is 24.0 Å². The fraction of sp³-hybridized carbons (Fsp3) is 0.467. The highest BCUT2D eigenvalue weighted by molar-refractivity contribution is 6.30. The largest absolute Gasteiger partial charge is 0.356 e. The summed E-state index contributed by atoms with van der Waals surface area (Å²) < 4.78 is 0. The van der Waals surface area contributed by atoms with E-state index in [1.807, 2.05) is 6.92 Å². The van der Waals surface area contributed by atoms with Crippen molar-refractivity contribution in [1.29, 1.82) is 0 Å². The van der Waals surface area contributed by atoms with Crippen LogP contribution in [0.4, 0.5) is 0 Å². The van der Waals surface area contributed by atoms with Crippen LogP contribution in [0.15, 0.2) is 24.3 Å². The molecule has 22 heavy (non-hydrogen) atoms.